The highest BCUT2D eigenvalue weighted by Crippen LogP contribution is 2.03. The average Bonchev–Trinajstić information content (AvgIpc) is 2.47. The van der Waals surface area contributed by atoms with Crippen LogP contribution >= 0.6 is 0 Å². The maximum absolute atomic E-state index is 13.1. The first-order valence-corrected chi connectivity index (χ1v) is 6.19. The van der Waals surface area contributed by atoms with E-state index in [1.54, 1.807) is 30.3 Å². The Labute approximate surface area is 118 Å². The van der Waals surface area contributed by atoms with Gasteiger partial charge in [-0.1, -0.05) is 24.3 Å². The van der Waals surface area contributed by atoms with Crippen molar-refractivity contribution in [2.24, 2.45) is 5.10 Å². The van der Waals surface area contributed by atoms with Crippen molar-refractivity contribution >= 4 is 17.1 Å². The van der Waals surface area contributed by atoms with Crippen LogP contribution in [0.5, 0.6) is 0 Å². The van der Waals surface area contributed by atoms with Gasteiger partial charge in [-0.05, 0) is 29.8 Å². The Kier molecular flexibility index (Phi) is 3.19. The summed E-state index contributed by atoms with van der Waals surface area (Å²) in [6.45, 7) is 0. The van der Waals surface area contributed by atoms with E-state index >= 15 is 0 Å². The number of benzene rings is 2. The summed E-state index contributed by atoms with van der Waals surface area (Å²) in [6.07, 6.45) is 1.26. The van der Waals surface area contributed by atoms with Gasteiger partial charge in [-0.2, -0.15) is 5.10 Å². The number of rotatable bonds is 2. The number of H-pyrrole nitrogens is 1. The van der Waals surface area contributed by atoms with Gasteiger partial charge in [0.25, 0.3) is 5.56 Å². The Hall–Kier alpha value is -3.02. The van der Waals surface area contributed by atoms with E-state index in [-0.39, 0.29) is 0 Å². The highest BCUT2D eigenvalue weighted by atomic mass is 19.1. The maximum atomic E-state index is 13.1. The largest absolute Gasteiger partial charge is 0.349 e. The predicted octanol–water partition coefficient (Wildman–Crippen LogP) is 1.71. The summed E-state index contributed by atoms with van der Waals surface area (Å²) < 4.78 is 13.8. The average molecular weight is 283 g/mol. The first-order chi connectivity index (χ1) is 10.1. The van der Waals surface area contributed by atoms with Crippen molar-refractivity contribution in [3.05, 3.63) is 80.7 Å². The molecule has 0 aliphatic carbocycles. The third-order valence-electron chi connectivity index (χ3n) is 2.95. The van der Waals surface area contributed by atoms with Gasteiger partial charge in [-0.3, -0.25) is 4.79 Å². The number of para-hydroxylation sites is 1. The van der Waals surface area contributed by atoms with Crippen molar-refractivity contribution in [2.45, 2.75) is 0 Å². The van der Waals surface area contributed by atoms with Crippen molar-refractivity contribution in [3.8, 4) is 0 Å². The van der Waals surface area contributed by atoms with Gasteiger partial charge in [0.15, 0.2) is 0 Å². The van der Waals surface area contributed by atoms with Gasteiger partial charge in [0.05, 0.1) is 17.1 Å². The highest BCUT2D eigenvalue weighted by Gasteiger charge is 2.05. The molecule has 6 heteroatoms. The van der Waals surface area contributed by atoms with Crippen LogP contribution in [-0.2, 0) is 0 Å². The Bertz CT molecular complexity index is 957. The molecule has 0 atom stereocenters. The zero-order chi connectivity index (χ0) is 14.8. The topological polar surface area (TPSA) is 67.2 Å². The first-order valence-electron chi connectivity index (χ1n) is 6.19. The first kappa shape index (κ1) is 13.0. The molecule has 0 bridgehead atoms. The van der Waals surface area contributed by atoms with Crippen molar-refractivity contribution in [1.82, 2.24) is 9.66 Å². The van der Waals surface area contributed by atoms with Crippen LogP contribution < -0.4 is 11.2 Å². The summed E-state index contributed by atoms with van der Waals surface area (Å²) in [7, 11) is 0. The fraction of sp³-hybridized carbons (Fsp3) is 0. The fourth-order valence-corrected chi connectivity index (χ4v) is 1.97. The van der Waals surface area contributed by atoms with Crippen LogP contribution in [0.3, 0.4) is 0 Å². The monoisotopic (exact) mass is 283 g/mol. The van der Waals surface area contributed by atoms with Crippen LogP contribution in [-0.4, -0.2) is 15.9 Å². The SMILES string of the molecule is O=c1[nH]c2ccccc2c(=O)n1N=Cc1cccc(F)c1. The Balaban J connectivity index is 2.13. The standard InChI is InChI=1S/C15H10FN3O2/c16-11-5-3-4-10(8-11)9-17-19-14(20)12-6-1-2-7-13(12)18-15(19)21/h1-9H,(H,18,21). The molecule has 1 aromatic heterocycles. The van der Waals surface area contributed by atoms with E-state index in [0.717, 1.165) is 0 Å². The molecule has 0 aliphatic rings. The number of nitrogens with zero attached hydrogens (tertiary/aromatic N) is 2. The lowest BCUT2D eigenvalue weighted by atomic mass is 10.2. The Morgan fingerprint density at radius 3 is 2.71 bits per heavy atom. The van der Waals surface area contributed by atoms with Crippen LogP contribution in [0.1, 0.15) is 5.56 Å². The van der Waals surface area contributed by atoms with Gasteiger partial charge in [-0.25, -0.2) is 9.18 Å². The van der Waals surface area contributed by atoms with E-state index in [2.05, 4.69) is 10.1 Å². The molecule has 2 aromatic carbocycles. The molecular weight excluding hydrogens is 273 g/mol. The number of hydrogen-bond donors (Lipinski definition) is 1. The third kappa shape index (κ3) is 2.51. The number of fused-ring (bicyclic) bond motifs is 1. The molecular formula is C15H10FN3O2. The van der Waals surface area contributed by atoms with Crippen molar-refractivity contribution in [3.63, 3.8) is 0 Å². The molecule has 0 radical (unpaired) electrons. The lowest BCUT2D eigenvalue weighted by Crippen LogP contribution is -2.32. The summed E-state index contributed by atoms with van der Waals surface area (Å²) in [5.74, 6) is -0.418. The normalized spacial score (nSPS) is 11.3. The summed E-state index contributed by atoms with van der Waals surface area (Å²) >= 11 is 0. The lowest BCUT2D eigenvalue weighted by Gasteiger charge is -2.00. The molecule has 0 amide bonds. The van der Waals surface area contributed by atoms with Gasteiger partial charge in [-0.15, -0.1) is 4.68 Å². The molecule has 1 heterocycles. The van der Waals surface area contributed by atoms with Gasteiger partial charge >= 0.3 is 5.69 Å². The Morgan fingerprint density at radius 2 is 1.90 bits per heavy atom. The summed E-state index contributed by atoms with van der Waals surface area (Å²) in [4.78, 5) is 26.6. The van der Waals surface area contributed by atoms with Gasteiger partial charge in [0.1, 0.15) is 5.82 Å². The van der Waals surface area contributed by atoms with E-state index in [1.807, 2.05) is 0 Å². The number of nitrogens with one attached hydrogen (secondary N) is 1. The van der Waals surface area contributed by atoms with Gasteiger partial charge < -0.3 is 4.98 Å². The molecule has 0 unspecified atom stereocenters. The zero-order valence-electron chi connectivity index (χ0n) is 10.8. The van der Waals surface area contributed by atoms with Gasteiger partial charge in [0.2, 0.25) is 0 Å². The second-order valence-electron chi connectivity index (χ2n) is 4.39. The smallest absolute Gasteiger partial charge is 0.305 e. The second kappa shape index (κ2) is 5.16. The Morgan fingerprint density at radius 1 is 1.10 bits per heavy atom. The van der Waals surface area contributed by atoms with E-state index in [0.29, 0.717) is 21.1 Å². The molecule has 3 aromatic rings. The fourth-order valence-electron chi connectivity index (χ4n) is 1.97. The van der Waals surface area contributed by atoms with Crippen molar-refractivity contribution in [2.75, 3.05) is 0 Å². The third-order valence-corrected chi connectivity index (χ3v) is 2.95. The quantitative estimate of drug-likeness (QED) is 0.727. The van der Waals surface area contributed by atoms with Crippen LogP contribution in [0.4, 0.5) is 4.39 Å². The highest BCUT2D eigenvalue weighted by molar-refractivity contribution is 5.80. The van der Waals surface area contributed by atoms with Crippen LogP contribution in [0.15, 0.2) is 63.2 Å². The van der Waals surface area contributed by atoms with E-state index in [4.69, 9.17) is 0 Å². The minimum Gasteiger partial charge on any atom is -0.305 e. The van der Waals surface area contributed by atoms with E-state index < -0.39 is 17.1 Å². The number of halogens is 1. The molecule has 0 aliphatic heterocycles. The lowest BCUT2D eigenvalue weighted by molar-refractivity contribution is 0.627. The number of aromatic amines is 1. The summed E-state index contributed by atoms with van der Waals surface area (Å²) in [5, 5.41) is 4.19. The molecule has 5 nitrogen and oxygen atoms in total. The second-order valence-corrected chi connectivity index (χ2v) is 4.39. The molecule has 21 heavy (non-hydrogen) atoms. The maximum Gasteiger partial charge on any atom is 0.349 e. The molecule has 1 N–H and O–H groups in total. The number of hydrogen-bond acceptors (Lipinski definition) is 3. The van der Waals surface area contributed by atoms with Crippen molar-refractivity contribution in [1.29, 1.82) is 0 Å². The van der Waals surface area contributed by atoms with E-state index in [9.17, 15) is 14.0 Å². The van der Waals surface area contributed by atoms with Gasteiger partial charge in [0, 0.05) is 0 Å². The zero-order valence-corrected chi connectivity index (χ0v) is 10.8. The summed E-state index contributed by atoms with van der Waals surface area (Å²) in [5.41, 5.74) is -0.271. The van der Waals surface area contributed by atoms with Crippen LogP contribution in [0, 0.1) is 5.82 Å². The van der Waals surface area contributed by atoms with Crippen LogP contribution in [0.25, 0.3) is 10.9 Å². The number of aromatic nitrogens is 2. The molecule has 0 saturated carbocycles. The predicted molar refractivity (Wildman–Crippen MR) is 78.2 cm³/mol. The molecule has 0 saturated heterocycles. The van der Waals surface area contributed by atoms with E-state index in [1.165, 1.54) is 24.4 Å². The minimum absolute atomic E-state index is 0.355. The molecule has 0 spiro atoms. The minimum atomic E-state index is -0.647. The summed E-state index contributed by atoms with van der Waals surface area (Å²) in [6, 6.07) is 12.3. The van der Waals surface area contributed by atoms with Crippen LogP contribution in [0.2, 0.25) is 0 Å². The van der Waals surface area contributed by atoms with Crippen molar-refractivity contribution < 1.29 is 4.39 Å². The molecule has 104 valence electrons. The molecule has 0 fully saturated rings. The molecule has 3 rings (SSSR count).